The van der Waals surface area contributed by atoms with Crippen LogP contribution >= 0.6 is 11.6 Å². The molecule has 4 nitrogen and oxygen atoms in total. The number of hydrogen-bond donors (Lipinski definition) is 1. The Morgan fingerprint density at radius 3 is 3.13 bits per heavy atom. The molecular weight excluding hydrogens is 312 g/mol. The second-order valence-corrected chi connectivity index (χ2v) is 6.57. The zero-order valence-corrected chi connectivity index (χ0v) is 14.0. The lowest BCUT2D eigenvalue weighted by atomic mass is 9.74. The summed E-state index contributed by atoms with van der Waals surface area (Å²) in [6.07, 6.45) is 7.58. The summed E-state index contributed by atoms with van der Waals surface area (Å²) in [5.74, 6) is 1.95. The van der Waals surface area contributed by atoms with Crippen molar-refractivity contribution in [3.05, 3.63) is 40.9 Å². The van der Waals surface area contributed by atoms with Gasteiger partial charge < -0.3 is 4.74 Å². The molecule has 3 rings (SSSR count). The topological polar surface area (TPSA) is 50.7 Å². The molecule has 0 heterocycles. The number of rotatable bonds is 6. The van der Waals surface area contributed by atoms with Crippen LogP contribution in [-0.2, 0) is 4.79 Å². The molecular formula is C18H21ClN2O2. The number of ether oxygens (including phenoxy) is 1. The Labute approximate surface area is 141 Å². The van der Waals surface area contributed by atoms with E-state index in [9.17, 15) is 4.79 Å². The lowest BCUT2D eigenvalue weighted by molar-refractivity contribution is -0.121. The van der Waals surface area contributed by atoms with Crippen LogP contribution in [0.1, 0.15) is 31.2 Å². The summed E-state index contributed by atoms with van der Waals surface area (Å²) in [6, 6.07) is 5.52. The van der Waals surface area contributed by atoms with Crippen LogP contribution in [0.5, 0.6) is 5.75 Å². The van der Waals surface area contributed by atoms with Gasteiger partial charge in [-0.05, 0) is 55.9 Å². The van der Waals surface area contributed by atoms with Gasteiger partial charge in [-0.25, -0.2) is 5.43 Å². The number of fused-ring (bicyclic) bond motifs is 1. The quantitative estimate of drug-likeness (QED) is 0.488. The molecule has 0 saturated heterocycles. The maximum atomic E-state index is 11.8. The van der Waals surface area contributed by atoms with Crippen molar-refractivity contribution in [1.82, 2.24) is 5.43 Å². The number of halogens is 1. The predicted molar refractivity (Wildman–Crippen MR) is 91.8 cm³/mol. The summed E-state index contributed by atoms with van der Waals surface area (Å²) in [6.45, 7) is 2.45. The van der Waals surface area contributed by atoms with Crippen LogP contribution in [0, 0.1) is 18.8 Å². The van der Waals surface area contributed by atoms with Gasteiger partial charge >= 0.3 is 0 Å². The molecule has 2 aliphatic rings. The molecule has 2 aliphatic carbocycles. The average Bonchev–Trinajstić information content (AvgIpc) is 2.87. The van der Waals surface area contributed by atoms with Crippen molar-refractivity contribution in [3.63, 3.8) is 0 Å². The van der Waals surface area contributed by atoms with Gasteiger partial charge in [0, 0.05) is 23.1 Å². The van der Waals surface area contributed by atoms with Crippen LogP contribution in [0.4, 0.5) is 0 Å². The van der Waals surface area contributed by atoms with Gasteiger partial charge in [0.05, 0.1) is 6.61 Å². The van der Waals surface area contributed by atoms with E-state index in [1.165, 1.54) is 0 Å². The van der Waals surface area contributed by atoms with Crippen LogP contribution in [0.25, 0.3) is 0 Å². The first kappa shape index (κ1) is 16.1. The third-order valence-electron chi connectivity index (χ3n) is 4.43. The van der Waals surface area contributed by atoms with Crippen LogP contribution in [0.2, 0.25) is 5.02 Å². The van der Waals surface area contributed by atoms with E-state index in [1.54, 1.807) is 6.07 Å². The van der Waals surface area contributed by atoms with E-state index in [0.717, 1.165) is 29.9 Å². The zero-order chi connectivity index (χ0) is 16.2. The number of carbonyl (C=O) groups excluding carboxylic acids is 1. The molecule has 0 spiro atoms. The zero-order valence-electron chi connectivity index (χ0n) is 13.2. The van der Waals surface area contributed by atoms with Crippen molar-refractivity contribution in [3.8, 4) is 5.75 Å². The number of nitrogens with one attached hydrogen (secondary N) is 1. The lowest BCUT2D eigenvalue weighted by Gasteiger charge is -2.31. The fourth-order valence-corrected chi connectivity index (χ4v) is 3.27. The Balaban J connectivity index is 1.34. The number of carbonyl (C=O) groups is 1. The van der Waals surface area contributed by atoms with Gasteiger partial charge in [0.2, 0.25) is 5.91 Å². The molecule has 122 valence electrons. The fraction of sp³-hybridized carbons (Fsp3) is 0.444. The monoisotopic (exact) mass is 332 g/mol. The van der Waals surface area contributed by atoms with E-state index in [4.69, 9.17) is 16.3 Å². The van der Waals surface area contributed by atoms with E-state index in [0.29, 0.717) is 36.3 Å². The third kappa shape index (κ3) is 3.94. The predicted octanol–water partition coefficient (Wildman–Crippen LogP) is 3.88. The van der Waals surface area contributed by atoms with Crippen LogP contribution in [0.3, 0.4) is 0 Å². The van der Waals surface area contributed by atoms with Crippen molar-refractivity contribution in [2.45, 2.75) is 32.6 Å². The number of hydrazone groups is 1. The van der Waals surface area contributed by atoms with E-state index < -0.39 is 0 Å². The summed E-state index contributed by atoms with van der Waals surface area (Å²) in [4.78, 5) is 11.8. The van der Waals surface area contributed by atoms with Crippen molar-refractivity contribution in [2.75, 3.05) is 6.61 Å². The highest BCUT2D eigenvalue weighted by molar-refractivity contribution is 6.30. The molecule has 1 saturated carbocycles. The molecule has 0 radical (unpaired) electrons. The van der Waals surface area contributed by atoms with Crippen molar-refractivity contribution < 1.29 is 9.53 Å². The Morgan fingerprint density at radius 2 is 2.35 bits per heavy atom. The molecule has 5 heteroatoms. The fourth-order valence-electron chi connectivity index (χ4n) is 3.04. The highest BCUT2D eigenvalue weighted by atomic mass is 35.5. The standard InChI is InChI=1S/C18H21ClN2O2/c1-12-10-14(19)7-8-17(12)23-9-3-6-18(22)21-20-16-11-13-4-2-5-15(13)16/h2,4,7-8,10,13,15H,3,5-6,9,11H2,1H3,(H,21,22)/b20-16+/t13-,15+/m1/s1. The maximum absolute atomic E-state index is 11.8. The van der Waals surface area contributed by atoms with Gasteiger partial charge in [-0.15, -0.1) is 0 Å². The second-order valence-electron chi connectivity index (χ2n) is 6.14. The maximum Gasteiger partial charge on any atom is 0.240 e. The molecule has 0 unspecified atom stereocenters. The molecule has 0 aliphatic heterocycles. The van der Waals surface area contributed by atoms with E-state index in [-0.39, 0.29) is 5.91 Å². The third-order valence-corrected chi connectivity index (χ3v) is 4.66. The summed E-state index contributed by atoms with van der Waals surface area (Å²) in [7, 11) is 0. The number of allylic oxidation sites excluding steroid dienone is 2. The minimum absolute atomic E-state index is 0.0525. The molecule has 1 amide bonds. The second kappa shape index (κ2) is 7.18. The normalized spacial score (nSPS) is 23.5. The van der Waals surface area contributed by atoms with Gasteiger partial charge in [-0.1, -0.05) is 23.8 Å². The molecule has 2 atom stereocenters. The summed E-state index contributed by atoms with van der Waals surface area (Å²) in [5, 5.41) is 4.95. The smallest absolute Gasteiger partial charge is 0.240 e. The molecule has 0 aromatic heterocycles. The lowest BCUT2D eigenvalue weighted by Crippen LogP contribution is -2.35. The highest BCUT2D eigenvalue weighted by Gasteiger charge is 2.37. The molecule has 1 aromatic rings. The number of aryl methyl sites for hydroxylation is 1. The van der Waals surface area contributed by atoms with Gasteiger partial charge in [0.15, 0.2) is 0 Å². The molecule has 1 aromatic carbocycles. The summed E-state index contributed by atoms with van der Waals surface area (Å²) in [5.41, 5.74) is 4.79. The van der Waals surface area contributed by atoms with E-state index >= 15 is 0 Å². The minimum atomic E-state index is -0.0525. The van der Waals surface area contributed by atoms with Crippen molar-refractivity contribution in [1.29, 1.82) is 0 Å². The van der Waals surface area contributed by atoms with E-state index in [1.807, 2.05) is 19.1 Å². The minimum Gasteiger partial charge on any atom is -0.493 e. The number of benzene rings is 1. The van der Waals surface area contributed by atoms with Crippen LogP contribution in [-0.4, -0.2) is 18.2 Å². The first-order valence-electron chi connectivity index (χ1n) is 8.04. The Morgan fingerprint density at radius 1 is 1.48 bits per heavy atom. The molecule has 1 N–H and O–H groups in total. The van der Waals surface area contributed by atoms with Crippen molar-refractivity contribution >= 4 is 23.2 Å². The number of nitrogens with zero attached hydrogens (tertiary/aromatic N) is 1. The van der Waals surface area contributed by atoms with Crippen molar-refractivity contribution in [2.24, 2.45) is 16.9 Å². The first-order chi connectivity index (χ1) is 11.1. The Bertz CT molecular complexity index is 654. The Kier molecular flexibility index (Phi) is 5.01. The summed E-state index contributed by atoms with van der Waals surface area (Å²) < 4.78 is 5.67. The highest BCUT2D eigenvalue weighted by Crippen LogP contribution is 2.40. The molecule has 0 bridgehead atoms. The van der Waals surface area contributed by atoms with Crippen LogP contribution in [0.15, 0.2) is 35.5 Å². The summed E-state index contributed by atoms with van der Waals surface area (Å²) >= 11 is 5.91. The van der Waals surface area contributed by atoms with Gasteiger partial charge in [0.25, 0.3) is 0 Å². The largest absolute Gasteiger partial charge is 0.493 e. The number of hydrogen-bond acceptors (Lipinski definition) is 3. The Hall–Kier alpha value is -1.81. The first-order valence-corrected chi connectivity index (χ1v) is 8.42. The van der Waals surface area contributed by atoms with Gasteiger partial charge in [-0.2, -0.15) is 5.10 Å². The van der Waals surface area contributed by atoms with Gasteiger partial charge in [0.1, 0.15) is 5.75 Å². The molecule has 1 fully saturated rings. The average molecular weight is 333 g/mol. The molecule has 23 heavy (non-hydrogen) atoms. The van der Waals surface area contributed by atoms with Gasteiger partial charge in [-0.3, -0.25) is 4.79 Å². The SMILES string of the molecule is Cc1cc(Cl)ccc1OCCCC(=O)N/N=C1\C[C@H]2C=CC[C@H]12. The number of amides is 1. The van der Waals surface area contributed by atoms with Crippen LogP contribution < -0.4 is 10.2 Å². The van der Waals surface area contributed by atoms with E-state index in [2.05, 4.69) is 22.7 Å².